The molecule has 0 bridgehead atoms. The van der Waals surface area contributed by atoms with E-state index in [2.05, 4.69) is 181 Å². The van der Waals surface area contributed by atoms with Gasteiger partial charge in [-0.05, 0) is 104 Å². The van der Waals surface area contributed by atoms with Crippen LogP contribution in [-0.4, -0.2) is 0 Å². The van der Waals surface area contributed by atoms with E-state index >= 15 is 0 Å². The molecule has 216 valence electrons. The van der Waals surface area contributed by atoms with Gasteiger partial charge >= 0.3 is 0 Å². The summed E-state index contributed by atoms with van der Waals surface area (Å²) in [5.41, 5.74) is 8.34. The van der Waals surface area contributed by atoms with Crippen LogP contribution in [0.2, 0.25) is 0 Å². The molecule has 0 aliphatic heterocycles. The first-order valence-corrected chi connectivity index (χ1v) is 16.5. The first kappa shape index (κ1) is 26.7. The number of nitrogens with zero attached hydrogens (tertiary/aromatic N) is 1. The Hall–Kier alpha value is -5.70. The number of anilines is 3. The lowest BCUT2D eigenvalue weighted by molar-refractivity contribution is 1.29. The quantitative estimate of drug-likeness (QED) is 0.189. The maximum atomic E-state index is 2.38. The molecule has 9 rings (SSSR count). The topological polar surface area (TPSA) is 3.24 Å². The monoisotopic (exact) mass is 603 g/mol. The number of rotatable bonds is 5. The number of fused-ring (bicyclic) bond motifs is 5. The van der Waals surface area contributed by atoms with Crippen LogP contribution in [-0.2, 0) is 0 Å². The van der Waals surface area contributed by atoms with E-state index in [1.165, 1.54) is 64.0 Å². The molecule has 2 heteroatoms. The van der Waals surface area contributed by atoms with Gasteiger partial charge in [-0.15, -0.1) is 11.3 Å². The van der Waals surface area contributed by atoms with Crippen LogP contribution in [0.25, 0.3) is 64.0 Å². The highest BCUT2D eigenvalue weighted by Crippen LogP contribution is 2.44. The van der Waals surface area contributed by atoms with Crippen molar-refractivity contribution < 1.29 is 0 Å². The first-order valence-electron chi connectivity index (χ1n) is 15.7. The second-order valence-electron chi connectivity index (χ2n) is 11.8. The highest BCUT2D eigenvalue weighted by atomic mass is 32.1. The van der Waals surface area contributed by atoms with Gasteiger partial charge < -0.3 is 4.90 Å². The van der Waals surface area contributed by atoms with Crippen LogP contribution >= 0.6 is 11.3 Å². The fourth-order valence-corrected chi connectivity index (χ4v) is 7.88. The molecule has 0 N–H and O–H groups in total. The first-order chi connectivity index (χ1) is 22.8. The third-order valence-electron chi connectivity index (χ3n) is 9.00. The highest BCUT2D eigenvalue weighted by molar-refractivity contribution is 7.26. The molecule has 0 saturated heterocycles. The maximum Gasteiger partial charge on any atom is 0.0468 e. The minimum absolute atomic E-state index is 1.13. The Morgan fingerprint density at radius 3 is 1.74 bits per heavy atom. The molecule has 0 spiro atoms. The Morgan fingerprint density at radius 2 is 0.957 bits per heavy atom. The molecular weight excluding hydrogens is 575 g/mol. The summed E-state index contributed by atoms with van der Waals surface area (Å²) >= 11 is 1.87. The number of hydrogen-bond donors (Lipinski definition) is 0. The Morgan fingerprint density at radius 1 is 0.348 bits per heavy atom. The molecule has 1 heterocycles. The largest absolute Gasteiger partial charge is 0.310 e. The SMILES string of the molecule is c1ccc(N(c2cccc(-c3ccc4ccccc4c3)c2)c2ccc3sc4cccc(-c5ccc6ccccc6c5)c4c3c2)cc1. The lowest BCUT2D eigenvalue weighted by atomic mass is 9.97. The van der Waals surface area contributed by atoms with Crippen molar-refractivity contribution in [1.29, 1.82) is 0 Å². The third kappa shape index (κ3) is 4.63. The van der Waals surface area contributed by atoms with Gasteiger partial charge in [0.15, 0.2) is 0 Å². The highest BCUT2D eigenvalue weighted by Gasteiger charge is 2.17. The van der Waals surface area contributed by atoms with E-state index < -0.39 is 0 Å². The van der Waals surface area contributed by atoms with Gasteiger partial charge in [0.05, 0.1) is 0 Å². The summed E-state index contributed by atoms with van der Waals surface area (Å²) in [7, 11) is 0. The average Bonchev–Trinajstić information content (AvgIpc) is 3.50. The summed E-state index contributed by atoms with van der Waals surface area (Å²) in [4.78, 5) is 2.38. The van der Waals surface area contributed by atoms with Gasteiger partial charge in [0.1, 0.15) is 0 Å². The van der Waals surface area contributed by atoms with Gasteiger partial charge in [0.2, 0.25) is 0 Å². The summed E-state index contributed by atoms with van der Waals surface area (Å²) in [5.74, 6) is 0. The van der Waals surface area contributed by atoms with E-state index in [1.807, 2.05) is 11.3 Å². The summed E-state index contributed by atoms with van der Waals surface area (Å²) in [6, 6.07) is 64.0. The molecule has 0 aliphatic rings. The van der Waals surface area contributed by atoms with E-state index in [0.29, 0.717) is 0 Å². The van der Waals surface area contributed by atoms with Crippen molar-refractivity contribution in [3.63, 3.8) is 0 Å². The summed E-state index contributed by atoms with van der Waals surface area (Å²) in [6.07, 6.45) is 0. The molecule has 9 aromatic rings. The van der Waals surface area contributed by atoms with E-state index in [1.54, 1.807) is 0 Å². The zero-order chi connectivity index (χ0) is 30.5. The lowest BCUT2D eigenvalue weighted by Crippen LogP contribution is -2.09. The second kappa shape index (κ2) is 11.0. The van der Waals surface area contributed by atoms with E-state index in [-0.39, 0.29) is 0 Å². The normalized spacial score (nSPS) is 11.5. The van der Waals surface area contributed by atoms with Crippen molar-refractivity contribution in [1.82, 2.24) is 0 Å². The zero-order valence-corrected chi connectivity index (χ0v) is 25.9. The molecule has 0 unspecified atom stereocenters. The average molecular weight is 604 g/mol. The van der Waals surface area contributed by atoms with E-state index in [9.17, 15) is 0 Å². The Balaban J connectivity index is 1.21. The minimum atomic E-state index is 1.13. The van der Waals surface area contributed by atoms with Crippen molar-refractivity contribution >= 4 is 70.1 Å². The zero-order valence-electron chi connectivity index (χ0n) is 25.1. The van der Waals surface area contributed by atoms with Gasteiger partial charge in [-0.25, -0.2) is 0 Å². The lowest BCUT2D eigenvalue weighted by Gasteiger charge is -2.26. The molecule has 0 atom stereocenters. The second-order valence-corrected chi connectivity index (χ2v) is 12.9. The number of thiophene rings is 1. The third-order valence-corrected chi connectivity index (χ3v) is 10.1. The smallest absolute Gasteiger partial charge is 0.0468 e. The Bertz CT molecular complexity index is 2540. The van der Waals surface area contributed by atoms with Gasteiger partial charge in [0.25, 0.3) is 0 Å². The van der Waals surface area contributed by atoms with Crippen molar-refractivity contribution in [3.05, 3.63) is 176 Å². The van der Waals surface area contributed by atoms with Crippen LogP contribution in [0.3, 0.4) is 0 Å². The number of hydrogen-bond acceptors (Lipinski definition) is 2. The fraction of sp³-hybridized carbons (Fsp3) is 0. The van der Waals surface area contributed by atoms with Gasteiger partial charge in [-0.1, -0.05) is 115 Å². The summed E-state index contributed by atoms with van der Waals surface area (Å²) in [6.45, 7) is 0. The maximum absolute atomic E-state index is 2.38. The van der Waals surface area contributed by atoms with Crippen LogP contribution < -0.4 is 4.90 Å². The van der Waals surface area contributed by atoms with Crippen LogP contribution in [0.4, 0.5) is 17.1 Å². The molecule has 0 saturated carbocycles. The van der Waals surface area contributed by atoms with Crippen molar-refractivity contribution in [2.24, 2.45) is 0 Å². The molecular formula is C44H29NS. The van der Waals surface area contributed by atoms with Crippen LogP contribution in [0.1, 0.15) is 0 Å². The van der Waals surface area contributed by atoms with Gasteiger partial charge in [-0.3, -0.25) is 0 Å². The molecule has 0 radical (unpaired) electrons. The summed E-state index contributed by atoms with van der Waals surface area (Å²) in [5, 5.41) is 7.64. The molecule has 1 nitrogen and oxygen atoms in total. The fourth-order valence-electron chi connectivity index (χ4n) is 6.77. The standard InChI is InChI=1S/C44H29NS/c1-2-15-37(16-3-1)45(38-17-8-14-34(28-38)35-22-20-30-10-4-6-12-32(30)26-35)39-24-25-42-41(29-39)44-40(18-9-19-43(44)46-42)36-23-21-31-11-5-7-13-33(31)27-36/h1-29H. The van der Waals surface area contributed by atoms with Crippen molar-refractivity contribution in [2.75, 3.05) is 4.90 Å². The van der Waals surface area contributed by atoms with Crippen LogP contribution in [0.15, 0.2) is 176 Å². The van der Waals surface area contributed by atoms with Gasteiger partial charge in [0, 0.05) is 37.2 Å². The van der Waals surface area contributed by atoms with Crippen molar-refractivity contribution in [3.8, 4) is 22.3 Å². The molecule has 0 amide bonds. The molecule has 1 aromatic heterocycles. The number of benzene rings is 8. The van der Waals surface area contributed by atoms with E-state index in [4.69, 9.17) is 0 Å². The predicted octanol–water partition coefficient (Wildman–Crippen LogP) is 13.2. The Kier molecular flexibility index (Phi) is 6.40. The van der Waals surface area contributed by atoms with Crippen LogP contribution in [0.5, 0.6) is 0 Å². The molecule has 8 aromatic carbocycles. The molecule has 46 heavy (non-hydrogen) atoms. The molecule has 0 aliphatic carbocycles. The van der Waals surface area contributed by atoms with E-state index in [0.717, 1.165) is 17.1 Å². The minimum Gasteiger partial charge on any atom is -0.310 e. The van der Waals surface area contributed by atoms with Crippen molar-refractivity contribution in [2.45, 2.75) is 0 Å². The summed E-state index contributed by atoms with van der Waals surface area (Å²) < 4.78 is 2.60. The predicted molar refractivity (Wildman–Crippen MR) is 200 cm³/mol. The Labute approximate surface area is 272 Å². The van der Waals surface area contributed by atoms with Gasteiger partial charge in [-0.2, -0.15) is 0 Å². The van der Waals surface area contributed by atoms with Crippen LogP contribution in [0, 0.1) is 0 Å². The molecule has 0 fully saturated rings. The number of para-hydroxylation sites is 1.